The van der Waals surface area contributed by atoms with Gasteiger partial charge < -0.3 is 39.3 Å². The van der Waals surface area contributed by atoms with Crippen molar-refractivity contribution in [1.29, 1.82) is 0 Å². The first kappa shape index (κ1) is 38.7. The lowest BCUT2D eigenvalue weighted by Gasteiger charge is -2.30. The number of aromatic nitrogens is 4. The van der Waals surface area contributed by atoms with Crippen LogP contribution < -0.4 is 10.1 Å². The summed E-state index contributed by atoms with van der Waals surface area (Å²) < 4.78 is 16.9. The average Bonchev–Trinajstić information content (AvgIpc) is 3.89. The molecule has 5 aromatic rings. The third kappa shape index (κ3) is 7.89. The molecule has 7 rings (SSSR count). The van der Waals surface area contributed by atoms with E-state index in [1.165, 1.54) is 7.11 Å². The number of fused-ring (bicyclic) bond motifs is 6. The van der Waals surface area contributed by atoms with Gasteiger partial charge in [-0.15, -0.1) is 0 Å². The molecule has 3 aromatic carbocycles. The fraction of sp³-hybridized carbons (Fsp3) is 0.465. The number of hydrogen-bond donors (Lipinski definition) is 3. The number of amides is 3. The van der Waals surface area contributed by atoms with Gasteiger partial charge in [-0.2, -0.15) is 0 Å². The Morgan fingerprint density at radius 3 is 2.55 bits per heavy atom. The van der Waals surface area contributed by atoms with Crippen LogP contribution in [-0.2, 0) is 27.4 Å². The SMILES string of the molecule is COC(=O)N[C@H](C(=O)N1C[C@@H](C)C[C@H]1c1nc2c(ccc3cc4c(cc32)OCc2cc(-c3cnc(CN(CC(C)C)C(=O)OC(C)(C)C)[nH]3)ccc2-4)[nH]1)C(C)C. The molecule has 13 nitrogen and oxygen atoms in total. The lowest BCUT2D eigenvalue weighted by molar-refractivity contribution is -0.135. The highest BCUT2D eigenvalue weighted by Gasteiger charge is 2.40. The number of imidazole rings is 2. The number of ether oxygens (including phenoxy) is 3. The minimum absolute atomic E-state index is 0.123. The Morgan fingerprint density at radius 1 is 1.05 bits per heavy atom. The largest absolute Gasteiger partial charge is 0.488 e. The molecule has 0 unspecified atom stereocenters. The number of carbonyl (C=O) groups is 3. The number of aromatic amines is 2. The number of nitrogens with zero attached hydrogens (tertiary/aromatic N) is 4. The summed E-state index contributed by atoms with van der Waals surface area (Å²) in [5.74, 6) is 2.46. The van der Waals surface area contributed by atoms with Gasteiger partial charge in [0.25, 0.3) is 0 Å². The fourth-order valence-electron chi connectivity index (χ4n) is 7.80. The summed E-state index contributed by atoms with van der Waals surface area (Å²) in [4.78, 5) is 59.1. The maximum absolute atomic E-state index is 13.9. The quantitative estimate of drug-likeness (QED) is 0.135. The molecule has 2 aromatic heterocycles. The van der Waals surface area contributed by atoms with Gasteiger partial charge in [0.2, 0.25) is 5.91 Å². The van der Waals surface area contributed by atoms with E-state index in [1.807, 2.05) is 45.6 Å². The molecule has 2 aliphatic rings. The molecule has 0 aliphatic carbocycles. The van der Waals surface area contributed by atoms with E-state index in [-0.39, 0.29) is 35.8 Å². The minimum Gasteiger partial charge on any atom is -0.488 e. The average molecular weight is 764 g/mol. The first-order chi connectivity index (χ1) is 26.6. The summed E-state index contributed by atoms with van der Waals surface area (Å²) >= 11 is 0. The van der Waals surface area contributed by atoms with Gasteiger partial charge in [-0.05, 0) is 91.3 Å². The highest BCUT2D eigenvalue weighted by Crippen LogP contribution is 2.43. The molecule has 1 fully saturated rings. The van der Waals surface area contributed by atoms with Crippen molar-refractivity contribution < 1.29 is 28.6 Å². The number of carbonyl (C=O) groups excluding carboxylic acids is 3. The molecule has 0 saturated carbocycles. The van der Waals surface area contributed by atoms with Crippen molar-refractivity contribution in [3.05, 3.63) is 65.9 Å². The maximum Gasteiger partial charge on any atom is 0.410 e. The lowest BCUT2D eigenvalue weighted by Crippen LogP contribution is -2.51. The zero-order chi connectivity index (χ0) is 40.1. The van der Waals surface area contributed by atoms with Gasteiger partial charge in [0.05, 0.1) is 42.6 Å². The smallest absolute Gasteiger partial charge is 0.410 e. The summed E-state index contributed by atoms with van der Waals surface area (Å²) in [5.41, 5.74) is 6.11. The molecule has 4 heterocycles. The predicted molar refractivity (Wildman–Crippen MR) is 215 cm³/mol. The van der Waals surface area contributed by atoms with Gasteiger partial charge in [-0.3, -0.25) is 4.79 Å². The van der Waals surface area contributed by atoms with E-state index in [2.05, 4.69) is 77.4 Å². The summed E-state index contributed by atoms with van der Waals surface area (Å²) in [7, 11) is 1.30. The number of nitrogens with one attached hydrogen (secondary N) is 3. The van der Waals surface area contributed by atoms with Crippen molar-refractivity contribution >= 4 is 39.9 Å². The Balaban J connectivity index is 1.14. The van der Waals surface area contributed by atoms with E-state index < -0.39 is 17.7 Å². The second-order valence-corrected chi connectivity index (χ2v) is 17.0. The molecular formula is C43H53N7O6. The second kappa shape index (κ2) is 15.2. The van der Waals surface area contributed by atoms with E-state index in [9.17, 15) is 14.4 Å². The summed E-state index contributed by atoms with van der Waals surface area (Å²) in [6.45, 7) is 17.5. The van der Waals surface area contributed by atoms with Crippen molar-refractivity contribution in [3.63, 3.8) is 0 Å². The molecule has 0 spiro atoms. The summed E-state index contributed by atoms with van der Waals surface area (Å²) in [6.07, 6.45) is 1.57. The fourth-order valence-corrected chi connectivity index (χ4v) is 7.80. The Labute approximate surface area is 327 Å². The molecule has 0 bridgehead atoms. The van der Waals surface area contributed by atoms with Crippen LogP contribution in [0.5, 0.6) is 5.75 Å². The molecule has 3 amide bonds. The third-order valence-electron chi connectivity index (χ3n) is 10.4. The maximum atomic E-state index is 13.9. The first-order valence-electron chi connectivity index (χ1n) is 19.5. The highest BCUT2D eigenvalue weighted by atomic mass is 16.6. The van der Waals surface area contributed by atoms with Crippen LogP contribution >= 0.6 is 0 Å². The first-order valence-corrected chi connectivity index (χ1v) is 19.5. The Hall–Kier alpha value is -5.59. The summed E-state index contributed by atoms with van der Waals surface area (Å²) in [6, 6.07) is 13.7. The highest BCUT2D eigenvalue weighted by molar-refractivity contribution is 6.07. The molecular weight excluding hydrogens is 711 g/mol. The monoisotopic (exact) mass is 763 g/mol. The molecule has 0 radical (unpaired) electrons. The minimum atomic E-state index is -0.712. The Kier molecular flexibility index (Phi) is 10.5. The van der Waals surface area contributed by atoms with Crippen LogP contribution in [0.2, 0.25) is 0 Å². The zero-order valence-electron chi connectivity index (χ0n) is 33.8. The van der Waals surface area contributed by atoms with Crippen molar-refractivity contribution in [2.45, 2.75) is 92.6 Å². The van der Waals surface area contributed by atoms with Gasteiger partial charge in [-0.25, -0.2) is 19.6 Å². The van der Waals surface area contributed by atoms with Crippen LogP contribution in [0, 0.1) is 17.8 Å². The van der Waals surface area contributed by atoms with Crippen LogP contribution in [0.4, 0.5) is 9.59 Å². The van der Waals surface area contributed by atoms with Crippen molar-refractivity contribution in [2.75, 3.05) is 20.2 Å². The van der Waals surface area contributed by atoms with Gasteiger partial charge in [-0.1, -0.05) is 52.8 Å². The Morgan fingerprint density at radius 2 is 1.84 bits per heavy atom. The van der Waals surface area contributed by atoms with E-state index in [0.717, 1.165) is 67.7 Å². The summed E-state index contributed by atoms with van der Waals surface area (Å²) in [5, 5.41) is 4.72. The van der Waals surface area contributed by atoms with Crippen LogP contribution in [0.15, 0.2) is 48.7 Å². The van der Waals surface area contributed by atoms with Crippen molar-refractivity contribution in [3.8, 4) is 28.1 Å². The van der Waals surface area contributed by atoms with Gasteiger partial charge in [0.1, 0.15) is 35.6 Å². The Bertz CT molecular complexity index is 2290. The number of likely N-dealkylation sites (tertiary alicyclic amines) is 1. The topological polar surface area (TPSA) is 155 Å². The molecule has 2 aliphatic heterocycles. The number of methoxy groups -OCH3 is 1. The number of hydrogen-bond acceptors (Lipinski definition) is 8. The van der Waals surface area contributed by atoms with Gasteiger partial charge in [0, 0.05) is 24.0 Å². The standard InChI is InChI=1S/C43H53N7O6/c1-23(2)19-49(42(53)56-43(6,7)8)21-36-44-18-33(45-36)27-10-12-29-28(15-27)22-55-35-17-30-26(16-31(29)35)11-13-32-38(30)47-39(46-32)34-14-25(5)20-50(34)40(51)37(24(3)4)48-41(52)54-9/h10-13,15-18,23-25,34,37H,14,19-22H2,1-9H3,(H,44,45)(H,46,47)(H,48,52)/t25-,34-,37-/m0/s1. The molecule has 13 heteroatoms. The van der Waals surface area contributed by atoms with Crippen LogP contribution in [0.3, 0.4) is 0 Å². The predicted octanol–water partition coefficient (Wildman–Crippen LogP) is 8.35. The van der Waals surface area contributed by atoms with Gasteiger partial charge >= 0.3 is 12.2 Å². The number of alkyl carbamates (subject to hydrolysis) is 1. The van der Waals surface area contributed by atoms with E-state index in [1.54, 1.807) is 11.1 Å². The van der Waals surface area contributed by atoms with Crippen LogP contribution in [0.25, 0.3) is 44.2 Å². The van der Waals surface area contributed by atoms with Crippen LogP contribution in [-0.4, -0.2) is 79.7 Å². The molecule has 3 N–H and O–H groups in total. The molecule has 1 saturated heterocycles. The number of rotatable bonds is 9. The number of H-pyrrole nitrogens is 2. The van der Waals surface area contributed by atoms with Gasteiger partial charge in [0.15, 0.2) is 0 Å². The zero-order valence-corrected chi connectivity index (χ0v) is 33.8. The van der Waals surface area contributed by atoms with Crippen molar-refractivity contribution in [2.24, 2.45) is 17.8 Å². The molecule has 3 atom stereocenters. The third-order valence-corrected chi connectivity index (χ3v) is 10.4. The second-order valence-electron chi connectivity index (χ2n) is 17.0. The number of benzene rings is 3. The molecule has 56 heavy (non-hydrogen) atoms. The van der Waals surface area contributed by atoms with E-state index >= 15 is 0 Å². The normalized spacial score (nSPS) is 17.2. The molecule has 296 valence electrons. The van der Waals surface area contributed by atoms with E-state index in [4.69, 9.17) is 19.2 Å². The lowest BCUT2D eigenvalue weighted by atomic mass is 9.92. The van der Waals surface area contributed by atoms with E-state index in [0.29, 0.717) is 32.1 Å². The van der Waals surface area contributed by atoms with Crippen LogP contribution in [0.1, 0.15) is 85.1 Å². The van der Waals surface area contributed by atoms with Crippen molar-refractivity contribution in [1.82, 2.24) is 35.1 Å².